The fraction of sp³-hybridized carbons (Fsp3) is 0.435. The van der Waals surface area contributed by atoms with Crippen LogP contribution < -0.4 is 19.1 Å². The van der Waals surface area contributed by atoms with Gasteiger partial charge in [0.2, 0.25) is 15.9 Å². The van der Waals surface area contributed by atoms with Crippen LogP contribution in [0.15, 0.2) is 42.5 Å². The Hall–Kier alpha value is -2.74. The van der Waals surface area contributed by atoms with Crippen LogP contribution in [0.25, 0.3) is 0 Å². The minimum Gasteiger partial charge on any atom is -0.497 e. The number of hydrogen-bond donors (Lipinski definition) is 1. The van der Waals surface area contributed by atoms with Crippen molar-refractivity contribution >= 4 is 21.6 Å². The number of fused-ring (bicyclic) bond motifs is 1. The summed E-state index contributed by atoms with van der Waals surface area (Å²) >= 11 is 0. The Balaban J connectivity index is 1.91. The van der Waals surface area contributed by atoms with E-state index < -0.39 is 21.7 Å². The number of nitrogens with one attached hydrogen (secondary N) is 1. The van der Waals surface area contributed by atoms with Gasteiger partial charge < -0.3 is 14.8 Å². The molecule has 8 heteroatoms. The van der Waals surface area contributed by atoms with Gasteiger partial charge in [-0.05, 0) is 51.5 Å². The Morgan fingerprint density at radius 2 is 1.97 bits per heavy atom. The van der Waals surface area contributed by atoms with Crippen LogP contribution in [0.5, 0.6) is 11.5 Å². The minimum absolute atomic E-state index is 0.291. The maximum atomic E-state index is 13.2. The van der Waals surface area contributed by atoms with Crippen LogP contribution in [0.4, 0.5) is 5.69 Å². The van der Waals surface area contributed by atoms with Crippen LogP contribution in [-0.4, -0.2) is 39.3 Å². The van der Waals surface area contributed by atoms with E-state index in [1.807, 2.05) is 39.0 Å². The molecule has 0 unspecified atom stereocenters. The quantitative estimate of drug-likeness (QED) is 0.733. The molecule has 1 aliphatic rings. The van der Waals surface area contributed by atoms with Crippen molar-refractivity contribution in [3.8, 4) is 11.5 Å². The van der Waals surface area contributed by atoms with E-state index in [1.54, 1.807) is 31.2 Å². The van der Waals surface area contributed by atoms with E-state index in [2.05, 4.69) is 5.32 Å². The van der Waals surface area contributed by atoms with Gasteiger partial charge in [-0.2, -0.15) is 0 Å². The third kappa shape index (κ3) is 5.12. The fourth-order valence-corrected chi connectivity index (χ4v) is 5.10. The van der Waals surface area contributed by atoms with Crippen LogP contribution >= 0.6 is 0 Å². The molecule has 2 aromatic carbocycles. The smallest absolute Gasteiger partial charge is 0.244 e. The van der Waals surface area contributed by atoms with E-state index in [0.717, 1.165) is 27.4 Å². The second-order valence-electron chi connectivity index (χ2n) is 8.60. The van der Waals surface area contributed by atoms with Gasteiger partial charge in [-0.15, -0.1) is 0 Å². The van der Waals surface area contributed by atoms with E-state index in [-0.39, 0.29) is 11.9 Å². The molecule has 0 saturated heterocycles. The zero-order chi connectivity index (χ0) is 23.0. The maximum absolute atomic E-state index is 13.2. The highest BCUT2D eigenvalue weighted by Gasteiger charge is 2.37. The summed E-state index contributed by atoms with van der Waals surface area (Å²) in [5, 5.41) is 3.04. The molecule has 2 aromatic rings. The number of methoxy groups -OCH3 is 1. The molecule has 0 radical (unpaired) electrons. The number of anilines is 1. The van der Waals surface area contributed by atoms with Crippen molar-refractivity contribution in [1.82, 2.24) is 5.32 Å². The van der Waals surface area contributed by atoms with Crippen LogP contribution in [0.1, 0.15) is 44.4 Å². The first-order chi connectivity index (χ1) is 14.4. The molecule has 0 spiro atoms. The average molecular weight is 447 g/mol. The largest absolute Gasteiger partial charge is 0.497 e. The number of carbonyl (C=O) groups excluding carboxylic acids is 1. The van der Waals surface area contributed by atoms with Crippen molar-refractivity contribution in [2.24, 2.45) is 0 Å². The van der Waals surface area contributed by atoms with E-state index in [0.29, 0.717) is 17.9 Å². The highest BCUT2D eigenvalue weighted by Crippen LogP contribution is 2.40. The number of aryl methyl sites for hydroxylation is 1. The van der Waals surface area contributed by atoms with Gasteiger partial charge in [-0.3, -0.25) is 9.10 Å². The van der Waals surface area contributed by atoms with Gasteiger partial charge in [0.05, 0.1) is 25.1 Å². The van der Waals surface area contributed by atoms with Gasteiger partial charge in [0.1, 0.15) is 23.1 Å². The highest BCUT2D eigenvalue weighted by molar-refractivity contribution is 7.92. The molecule has 3 rings (SSSR count). The molecule has 0 saturated carbocycles. The second-order valence-corrected chi connectivity index (χ2v) is 10.5. The van der Waals surface area contributed by atoms with Crippen molar-refractivity contribution in [2.75, 3.05) is 17.7 Å². The third-order valence-electron chi connectivity index (χ3n) is 5.34. The lowest BCUT2D eigenvalue weighted by molar-refractivity contribution is -0.123. The Morgan fingerprint density at radius 1 is 1.26 bits per heavy atom. The summed E-state index contributed by atoms with van der Waals surface area (Å²) in [7, 11) is -2.22. The third-order valence-corrected chi connectivity index (χ3v) is 6.58. The number of carbonyl (C=O) groups is 1. The lowest BCUT2D eigenvalue weighted by atomic mass is 9.89. The van der Waals surface area contributed by atoms with Crippen molar-refractivity contribution < 1.29 is 22.7 Å². The van der Waals surface area contributed by atoms with Crippen molar-refractivity contribution in [1.29, 1.82) is 0 Å². The summed E-state index contributed by atoms with van der Waals surface area (Å²) in [5.74, 6) is 0.860. The monoisotopic (exact) mass is 446 g/mol. The number of rotatable bonds is 6. The summed E-state index contributed by atoms with van der Waals surface area (Å²) in [6, 6.07) is 11.3. The van der Waals surface area contributed by atoms with Gasteiger partial charge in [0, 0.05) is 18.1 Å². The maximum Gasteiger partial charge on any atom is 0.244 e. The molecular weight excluding hydrogens is 416 g/mol. The lowest BCUT2D eigenvalue weighted by Crippen LogP contribution is -2.50. The molecule has 0 aliphatic carbocycles. The van der Waals surface area contributed by atoms with Crippen LogP contribution in [0, 0.1) is 6.92 Å². The Kier molecular flexibility index (Phi) is 6.23. The van der Waals surface area contributed by atoms with Crippen molar-refractivity contribution in [2.45, 2.75) is 51.8 Å². The van der Waals surface area contributed by atoms with Gasteiger partial charge >= 0.3 is 0 Å². The molecule has 0 bridgehead atoms. The van der Waals surface area contributed by atoms with E-state index >= 15 is 0 Å². The van der Waals surface area contributed by atoms with Crippen molar-refractivity contribution in [3.63, 3.8) is 0 Å². The minimum atomic E-state index is -3.72. The zero-order valence-electron chi connectivity index (χ0n) is 18.8. The van der Waals surface area contributed by atoms with Crippen LogP contribution in [-0.2, 0) is 14.8 Å². The Bertz CT molecular complexity index is 1080. The Labute approximate surface area is 184 Å². The molecule has 1 heterocycles. The topological polar surface area (TPSA) is 84.9 Å². The zero-order valence-corrected chi connectivity index (χ0v) is 19.6. The normalized spacial score (nSPS) is 18.3. The summed E-state index contributed by atoms with van der Waals surface area (Å²) < 4.78 is 37.6. The predicted molar refractivity (Wildman–Crippen MR) is 121 cm³/mol. The van der Waals surface area contributed by atoms with E-state index in [4.69, 9.17) is 9.47 Å². The molecule has 2 atom stereocenters. The number of hydrogen-bond acceptors (Lipinski definition) is 5. The lowest BCUT2D eigenvalue weighted by Gasteiger charge is -2.39. The molecule has 168 valence electrons. The fourth-order valence-electron chi connectivity index (χ4n) is 3.94. The second kappa shape index (κ2) is 8.42. The SMILES string of the molecule is COc1cccc(N([C@@H](C)C(=O)N[C@H]2CC(C)(C)Oc3cc(C)ccc32)S(C)(=O)=O)c1. The van der Waals surface area contributed by atoms with Gasteiger partial charge in [0.25, 0.3) is 0 Å². The van der Waals surface area contributed by atoms with Gasteiger partial charge in [-0.25, -0.2) is 8.42 Å². The number of sulfonamides is 1. The summed E-state index contributed by atoms with van der Waals surface area (Å²) in [6.07, 6.45) is 1.66. The number of amides is 1. The Morgan fingerprint density at radius 3 is 2.61 bits per heavy atom. The van der Waals surface area contributed by atoms with Crippen LogP contribution in [0.2, 0.25) is 0 Å². The number of ether oxygens (including phenoxy) is 2. The first-order valence-electron chi connectivity index (χ1n) is 10.1. The predicted octanol–water partition coefficient (Wildman–Crippen LogP) is 3.58. The molecular formula is C23H30N2O5S. The highest BCUT2D eigenvalue weighted by atomic mass is 32.2. The van der Waals surface area contributed by atoms with Gasteiger partial charge in [0.15, 0.2) is 0 Å². The molecule has 7 nitrogen and oxygen atoms in total. The average Bonchev–Trinajstić information content (AvgIpc) is 2.65. The van der Waals surface area contributed by atoms with E-state index in [9.17, 15) is 13.2 Å². The molecule has 0 aromatic heterocycles. The van der Waals surface area contributed by atoms with Crippen molar-refractivity contribution in [3.05, 3.63) is 53.6 Å². The number of nitrogens with zero attached hydrogens (tertiary/aromatic N) is 1. The van der Waals surface area contributed by atoms with Gasteiger partial charge in [-0.1, -0.05) is 18.2 Å². The summed E-state index contributed by atoms with van der Waals surface area (Å²) in [6.45, 7) is 7.51. The standard InChI is InChI=1S/C23H30N2O5S/c1-15-10-11-19-20(14-23(3,4)30-21(19)12-15)24-22(26)16(2)25(31(6,27)28)17-8-7-9-18(13-17)29-5/h7-13,16,20H,14H2,1-6H3,(H,24,26)/t16-,20-/m0/s1. The van der Waals surface area contributed by atoms with E-state index in [1.165, 1.54) is 7.11 Å². The summed E-state index contributed by atoms with van der Waals surface area (Å²) in [5.41, 5.74) is 1.85. The molecule has 1 N–H and O–H groups in total. The first-order valence-corrected chi connectivity index (χ1v) is 12.0. The first kappa shape index (κ1) is 22.9. The molecule has 0 fully saturated rings. The van der Waals surface area contributed by atoms with Crippen LogP contribution in [0.3, 0.4) is 0 Å². The summed E-state index contributed by atoms with van der Waals surface area (Å²) in [4.78, 5) is 13.2. The number of benzene rings is 2. The molecule has 31 heavy (non-hydrogen) atoms. The molecule has 1 aliphatic heterocycles. The molecule has 1 amide bonds.